The summed E-state index contributed by atoms with van der Waals surface area (Å²) in [7, 11) is 0. The molecule has 0 aliphatic rings. The van der Waals surface area contributed by atoms with E-state index in [4.69, 9.17) is 4.74 Å². The summed E-state index contributed by atoms with van der Waals surface area (Å²) >= 11 is 0. The van der Waals surface area contributed by atoms with Crippen molar-refractivity contribution < 1.29 is 19.4 Å². The van der Waals surface area contributed by atoms with E-state index in [0.29, 0.717) is 0 Å². The Bertz CT molecular complexity index is 722. The van der Waals surface area contributed by atoms with Crippen LogP contribution >= 0.6 is 0 Å². The first kappa shape index (κ1) is 16.7. The highest BCUT2D eigenvalue weighted by atomic mass is 16.6. The minimum atomic E-state index is -1.11. The molecule has 1 amide bonds. The lowest BCUT2D eigenvalue weighted by Crippen LogP contribution is -2.44. The quantitative estimate of drug-likeness (QED) is 0.905. The molecule has 0 saturated heterocycles. The van der Waals surface area contributed by atoms with Crippen molar-refractivity contribution in [3.05, 3.63) is 42.2 Å². The van der Waals surface area contributed by atoms with E-state index in [1.165, 1.54) is 0 Å². The number of carbonyl (C=O) groups is 2. The number of nitrogens with one attached hydrogen (secondary N) is 1. The number of hydrogen-bond donors (Lipinski definition) is 2. The molecule has 0 aliphatic carbocycles. The summed E-state index contributed by atoms with van der Waals surface area (Å²) in [5.74, 6) is -1.11. The number of alkyl carbamates (subject to hydrolysis) is 1. The van der Waals surface area contributed by atoms with Gasteiger partial charge in [0.1, 0.15) is 11.6 Å². The van der Waals surface area contributed by atoms with E-state index in [0.717, 1.165) is 16.3 Å². The van der Waals surface area contributed by atoms with Crippen LogP contribution < -0.4 is 5.32 Å². The number of amides is 1. The van der Waals surface area contributed by atoms with Gasteiger partial charge in [-0.05, 0) is 43.9 Å². The number of aromatic nitrogens is 1. The third kappa shape index (κ3) is 4.95. The average Bonchev–Trinajstić information content (AvgIpc) is 2.44. The third-order valence-electron chi connectivity index (χ3n) is 3.13. The summed E-state index contributed by atoms with van der Waals surface area (Å²) in [4.78, 5) is 27.2. The second-order valence-electron chi connectivity index (χ2n) is 6.30. The monoisotopic (exact) mass is 316 g/mol. The molecule has 2 aromatic rings. The first-order valence-corrected chi connectivity index (χ1v) is 7.29. The maximum atomic E-state index is 11.8. The van der Waals surface area contributed by atoms with Crippen molar-refractivity contribution >= 4 is 22.8 Å². The van der Waals surface area contributed by atoms with Crippen molar-refractivity contribution in [3.63, 3.8) is 0 Å². The highest BCUT2D eigenvalue weighted by molar-refractivity contribution is 5.83. The van der Waals surface area contributed by atoms with E-state index >= 15 is 0 Å². The number of hydrogen-bond acceptors (Lipinski definition) is 4. The first-order valence-electron chi connectivity index (χ1n) is 7.29. The maximum absolute atomic E-state index is 11.8. The lowest BCUT2D eigenvalue weighted by molar-refractivity contribution is -0.139. The van der Waals surface area contributed by atoms with Gasteiger partial charge in [0.2, 0.25) is 0 Å². The molecule has 1 atom stereocenters. The molecule has 1 aromatic heterocycles. The molecule has 2 rings (SSSR count). The molecule has 6 nitrogen and oxygen atoms in total. The Labute approximate surface area is 134 Å². The summed E-state index contributed by atoms with van der Waals surface area (Å²) < 4.78 is 5.10. The third-order valence-corrected chi connectivity index (χ3v) is 3.13. The number of benzene rings is 1. The number of carboxylic acid groups (broad SMARTS) is 1. The predicted octanol–water partition coefficient (Wildman–Crippen LogP) is 2.76. The molecule has 0 fully saturated rings. The molecule has 0 saturated carbocycles. The number of pyridine rings is 1. The molecule has 23 heavy (non-hydrogen) atoms. The van der Waals surface area contributed by atoms with Crippen molar-refractivity contribution in [3.8, 4) is 0 Å². The predicted molar refractivity (Wildman–Crippen MR) is 86.2 cm³/mol. The van der Waals surface area contributed by atoms with E-state index in [9.17, 15) is 14.7 Å². The SMILES string of the molecule is CC(C)(C)OC(=O)N[C@@H](Cc1ccc2ccncc2c1)C(=O)O. The maximum Gasteiger partial charge on any atom is 0.408 e. The lowest BCUT2D eigenvalue weighted by Gasteiger charge is -2.22. The van der Waals surface area contributed by atoms with Gasteiger partial charge in [-0.1, -0.05) is 12.1 Å². The second-order valence-corrected chi connectivity index (χ2v) is 6.30. The second kappa shape index (κ2) is 6.64. The van der Waals surface area contributed by atoms with Crippen LogP contribution in [0.3, 0.4) is 0 Å². The van der Waals surface area contributed by atoms with Gasteiger partial charge in [0.05, 0.1) is 0 Å². The molecule has 0 unspecified atom stereocenters. The number of aliphatic carboxylic acids is 1. The van der Waals surface area contributed by atoms with Crippen molar-refractivity contribution in [2.45, 2.75) is 38.8 Å². The fourth-order valence-corrected chi connectivity index (χ4v) is 2.15. The van der Waals surface area contributed by atoms with Crippen LogP contribution in [0.1, 0.15) is 26.3 Å². The molecule has 122 valence electrons. The van der Waals surface area contributed by atoms with Crippen LogP contribution in [0.15, 0.2) is 36.7 Å². The Morgan fingerprint density at radius 1 is 1.26 bits per heavy atom. The highest BCUT2D eigenvalue weighted by Gasteiger charge is 2.24. The fraction of sp³-hybridized carbons (Fsp3) is 0.353. The number of carboxylic acids is 1. The van der Waals surface area contributed by atoms with E-state index in [1.54, 1.807) is 33.2 Å². The zero-order chi connectivity index (χ0) is 17.0. The Balaban J connectivity index is 2.11. The number of rotatable bonds is 4. The van der Waals surface area contributed by atoms with E-state index in [1.807, 2.05) is 24.3 Å². The molecule has 0 aliphatic heterocycles. The first-order chi connectivity index (χ1) is 10.7. The molecule has 1 aromatic carbocycles. The van der Waals surface area contributed by atoms with Gasteiger partial charge in [-0.2, -0.15) is 0 Å². The van der Waals surface area contributed by atoms with Gasteiger partial charge < -0.3 is 15.2 Å². The molecule has 6 heteroatoms. The summed E-state index contributed by atoms with van der Waals surface area (Å²) in [6, 6.07) is 6.44. The summed E-state index contributed by atoms with van der Waals surface area (Å²) in [6.45, 7) is 5.16. The molecular weight excluding hydrogens is 296 g/mol. The highest BCUT2D eigenvalue weighted by Crippen LogP contribution is 2.16. The lowest BCUT2D eigenvalue weighted by atomic mass is 10.0. The van der Waals surface area contributed by atoms with Gasteiger partial charge in [-0.3, -0.25) is 4.98 Å². The van der Waals surface area contributed by atoms with Gasteiger partial charge in [0.15, 0.2) is 0 Å². The Morgan fingerprint density at radius 3 is 2.65 bits per heavy atom. The van der Waals surface area contributed by atoms with Crippen molar-refractivity contribution in [1.29, 1.82) is 0 Å². The van der Waals surface area contributed by atoms with Crippen molar-refractivity contribution in [2.24, 2.45) is 0 Å². The Morgan fingerprint density at radius 2 is 2.00 bits per heavy atom. The fourth-order valence-electron chi connectivity index (χ4n) is 2.15. The normalized spacial score (nSPS) is 12.7. The van der Waals surface area contributed by atoms with Gasteiger partial charge in [0.25, 0.3) is 0 Å². The minimum Gasteiger partial charge on any atom is -0.480 e. The molecular formula is C17H20N2O4. The van der Waals surface area contributed by atoms with Crippen LogP contribution in [0.2, 0.25) is 0 Å². The van der Waals surface area contributed by atoms with Gasteiger partial charge in [0, 0.05) is 24.2 Å². The Hall–Kier alpha value is -2.63. The van der Waals surface area contributed by atoms with Gasteiger partial charge in [-0.25, -0.2) is 9.59 Å². The van der Waals surface area contributed by atoms with Crippen molar-refractivity contribution in [2.75, 3.05) is 0 Å². The Kier molecular flexibility index (Phi) is 4.83. The molecule has 0 radical (unpaired) electrons. The summed E-state index contributed by atoms with van der Waals surface area (Å²) in [6.07, 6.45) is 2.84. The number of ether oxygens (including phenoxy) is 1. The van der Waals surface area contributed by atoms with Crippen LogP contribution in [0.4, 0.5) is 4.79 Å². The zero-order valence-corrected chi connectivity index (χ0v) is 13.4. The standard InChI is InChI=1S/C17H20N2O4/c1-17(2,3)23-16(22)19-14(15(20)21)9-11-4-5-12-6-7-18-10-13(12)8-11/h4-8,10,14H,9H2,1-3H3,(H,19,22)(H,20,21)/t14-/m0/s1. The van der Waals surface area contributed by atoms with Crippen LogP contribution in [0.25, 0.3) is 10.8 Å². The summed E-state index contributed by atoms with van der Waals surface area (Å²) in [5.41, 5.74) is 0.121. The smallest absolute Gasteiger partial charge is 0.408 e. The van der Waals surface area contributed by atoms with E-state index in [2.05, 4.69) is 10.3 Å². The number of carbonyl (C=O) groups excluding carboxylic acids is 1. The van der Waals surface area contributed by atoms with Crippen LogP contribution in [-0.2, 0) is 16.0 Å². The van der Waals surface area contributed by atoms with Crippen molar-refractivity contribution in [1.82, 2.24) is 10.3 Å². The molecule has 2 N–H and O–H groups in total. The van der Waals surface area contributed by atoms with E-state index < -0.39 is 23.7 Å². The zero-order valence-electron chi connectivity index (χ0n) is 13.4. The average molecular weight is 316 g/mol. The largest absolute Gasteiger partial charge is 0.480 e. The van der Waals surface area contributed by atoms with Crippen LogP contribution in [0, 0.1) is 0 Å². The summed E-state index contributed by atoms with van der Waals surface area (Å²) in [5, 5.41) is 13.7. The van der Waals surface area contributed by atoms with Crippen LogP contribution in [-0.4, -0.2) is 33.8 Å². The molecule has 0 bridgehead atoms. The van der Waals surface area contributed by atoms with Crippen LogP contribution in [0.5, 0.6) is 0 Å². The van der Waals surface area contributed by atoms with Gasteiger partial charge >= 0.3 is 12.1 Å². The molecule has 0 spiro atoms. The number of fused-ring (bicyclic) bond motifs is 1. The van der Waals surface area contributed by atoms with E-state index in [-0.39, 0.29) is 6.42 Å². The number of nitrogens with zero attached hydrogens (tertiary/aromatic N) is 1. The topological polar surface area (TPSA) is 88.5 Å². The minimum absolute atomic E-state index is 0.166. The van der Waals surface area contributed by atoms with Gasteiger partial charge in [-0.15, -0.1) is 0 Å². The molecule has 1 heterocycles.